The molecule has 4 aromatic rings. The average molecular weight is 419 g/mol. The Balaban J connectivity index is 1.81. The summed E-state index contributed by atoms with van der Waals surface area (Å²) >= 11 is 0. The molecule has 0 radical (unpaired) electrons. The summed E-state index contributed by atoms with van der Waals surface area (Å²) in [6.07, 6.45) is 6.94. The van der Waals surface area contributed by atoms with Gasteiger partial charge in [0, 0.05) is 52.9 Å². The van der Waals surface area contributed by atoms with Gasteiger partial charge in [0.2, 0.25) is 0 Å². The molecule has 0 atom stereocenters. The minimum absolute atomic E-state index is 0.545. The van der Waals surface area contributed by atoms with Crippen LogP contribution in [-0.4, -0.2) is 48.9 Å². The van der Waals surface area contributed by atoms with Crippen molar-refractivity contribution in [3.63, 3.8) is 0 Å². The Kier molecular flexibility index (Phi) is 5.99. The summed E-state index contributed by atoms with van der Waals surface area (Å²) in [6, 6.07) is 5.63. The Morgan fingerprint density at radius 2 is 1.74 bits per heavy atom. The van der Waals surface area contributed by atoms with E-state index in [4.69, 9.17) is 19.9 Å². The van der Waals surface area contributed by atoms with E-state index in [2.05, 4.69) is 27.2 Å². The van der Waals surface area contributed by atoms with Crippen molar-refractivity contribution < 1.29 is 14.2 Å². The molecule has 1 aromatic carbocycles. The van der Waals surface area contributed by atoms with Crippen molar-refractivity contribution in [2.45, 2.75) is 6.92 Å². The highest BCUT2D eigenvalue weighted by atomic mass is 16.5. The maximum atomic E-state index is 6.63. The third-order valence-corrected chi connectivity index (χ3v) is 5.04. The van der Waals surface area contributed by atoms with Crippen molar-refractivity contribution in [3.8, 4) is 28.5 Å². The second kappa shape index (κ2) is 9.01. The minimum Gasteiger partial charge on any atom is -0.493 e. The molecule has 0 unspecified atom stereocenters. The van der Waals surface area contributed by atoms with Gasteiger partial charge in [-0.2, -0.15) is 0 Å². The van der Waals surface area contributed by atoms with Crippen molar-refractivity contribution in [3.05, 3.63) is 43.0 Å². The third kappa shape index (κ3) is 4.02. The molecule has 3 heterocycles. The maximum absolute atomic E-state index is 6.63. The molecule has 160 valence electrons. The van der Waals surface area contributed by atoms with Gasteiger partial charge in [0.05, 0.1) is 37.3 Å². The number of likely N-dealkylation sites (N-methyl/N-ethyl adjacent to an activating group) is 1. The number of nitrogens with one attached hydrogen (secondary N) is 1. The quantitative estimate of drug-likeness (QED) is 0.331. The fourth-order valence-electron chi connectivity index (χ4n) is 3.53. The average Bonchev–Trinajstić information content (AvgIpc) is 2.81. The Labute approximate surface area is 180 Å². The van der Waals surface area contributed by atoms with Gasteiger partial charge in [0.15, 0.2) is 11.5 Å². The molecule has 0 fully saturated rings. The van der Waals surface area contributed by atoms with E-state index in [0.717, 1.165) is 40.3 Å². The number of ether oxygens (including phenoxy) is 3. The molecule has 0 saturated carbocycles. The SMILES string of the molecule is CCNCCOc1cncc(-c2ncc3cnc4cc(OC)c(OC)cc4c3c2N)c1. The van der Waals surface area contributed by atoms with Crippen LogP contribution >= 0.6 is 0 Å². The molecule has 0 aliphatic rings. The van der Waals surface area contributed by atoms with E-state index < -0.39 is 0 Å². The summed E-state index contributed by atoms with van der Waals surface area (Å²) in [5.41, 5.74) is 9.35. The number of nitrogens with zero attached hydrogens (tertiary/aromatic N) is 3. The Hall–Kier alpha value is -3.65. The summed E-state index contributed by atoms with van der Waals surface area (Å²) < 4.78 is 16.7. The lowest BCUT2D eigenvalue weighted by molar-refractivity contribution is 0.314. The van der Waals surface area contributed by atoms with Gasteiger partial charge in [0.1, 0.15) is 12.4 Å². The van der Waals surface area contributed by atoms with Gasteiger partial charge in [-0.25, -0.2) is 0 Å². The van der Waals surface area contributed by atoms with Gasteiger partial charge in [-0.15, -0.1) is 0 Å². The summed E-state index contributed by atoms with van der Waals surface area (Å²) in [5.74, 6) is 1.89. The first-order valence-electron chi connectivity index (χ1n) is 10.0. The summed E-state index contributed by atoms with van der Waals surface area (Å²) in [7, 11) is 3.20. The fraction of sp³-hybridized carbons (Fsp3) is 0.261. The van der Waals surface area contributed by atoms with E-state index >= 15 is 0 Å². The molecule has 31 heavy (non-hydrogen) atoms. The van der Waals surface area contributed by atoms with Crippen LogP contribution in [0.5, 0.6) is 17.2 Å². The first-order valence-corrected chi connectivity index (χ1v) is 10.0. The molecule has 0 saturated heterocycles. The second-order valence-corrected chi connectivity index (χ2v) is 6.94. The number of anilines is 1. The van der Waals surface area contributed by atoms with E-state index in [9.17, 15) is 0 Å². The van der Waals surface area contributed by atoms with Gasteiger partial charge < -0.3 is 25.3 Å². The number of hydrogen-bond donors (Lipinski definition) is 2. The van der Waals surface area contributed by atoms with Crippen LogP contribution in [0.1, 0.15) is 6.92 Å². The normalized spacial score (nSPS) is 11.1. The van der Waals surface area contributed by atoms with E-state index in [1.54, 1.807) is 39.0 Å². The predicted molar refractivity (Wildman–Crippen MR) is 122 cm³/mol. The first-order chi connectivity index (χ1) is 15.2. The second-order valence-electron chi connectivity index (χ2n) is 6.94. The summed E-state index contributed by atoms with van der Waals surface area (Å²) in [5, 5.41) is 5.78. The molecule has 3 N–H and O–H groups in total. The van der Waals surface area contributed by atoms with Crippen LogP contribution in [0.3, 0.4) is 0 Å². The number of rotatable bonds is 8. The van der Waals surface area contributed by atoms with Gasteiger partial charge in [-0.1, -0.05) is 6.92 Å². The van der Waals surface area contributed by atoms with Gasteiger partial charge in [0.25, 0.3) is 0 Å². The monoisotopic (exact) mass is 419 g/mol. The molecule has 0 aliphatic carbocycles. The van der Waals surface area contributed by atoms with Crippen LogP contribution in [0.25, 0.3) is 32.9 Å². The Morgan fingerprint density at radius 1 is 0.968 bits per heavy atom. The van der Waals surface area contributed by atoms with Gasteiger partial charge >= 0.3 is 0 Å². The van der Waals surface area contributed by atoms with Crippen LogP contribution in [0.2, 0.25) is 0 Å². The van der Waals surface area contributed by atoms with Crippen LogP contribution in [0.4, 0.5) is 5.69 Å². The van der Waals surface area contributed by atoms with E-state index in [1.165, 1.54) is 0 Å². The number of methoxy groups -OCH3 is 2. The van der Waals surface area contributed by atoms with Crippen molar-refractivity contribution >= 4 is 27.4 Å². The molecular weight excluding hydrogens is 394 g/mol. The topological polar surface area (TPSA) is 104 Å². The van der Waals surface area contributed by atoms with Crippen molar-refractivity contribution in [2.75, 3.05) is 39.6 Å². The number of benzene rings is 1. The van der Waals surface area contributed by atoms with Crippen molar-refractivity contribution in [1.29, 1.82) is 0 Å². The first kappa shape index (κ1) is 20.6. The van der Waals surface area contributed by atoms with Crippen LogP contribution in [-0.2, 0) is 0 Å². The summed E-state index contributed by atoms with van der Waals surface area (Å²) in [6.45, 7) is 4.28. The zero-order valence-corrected chi connectivity index (χ0v) is 17.8. The maximum Gasteiger partial charge on any atom is 0.162 e. The molecule has 3 aromatic heterocycles. The largest absolute Gasteiger partial charge is 0.493 e. The van der Waals surface area contributed by atoms with Crippen molar-refractivity contribution in [2.24, 2.45) is 0 Å². The Bertz CT molecular complexity index is 1230. The Morgan fingerprint density at radius 3 is 2.52 bits per heavy atom. The zero-order chi connectivity index (χ0) is 21.8. The lowest BCUT2D eigenvalue weighted by Gasteiger charge is -2.14. The number of hydrogen-bond acceptors (Lipinski definition) is 8. The highest BCUT2D eigenvalue weighted by molar-refractivity contribution is 6.14. The smallest absolute Gasteiger partial charge is 0.162 e. The minimum atomic E-state index is 0.545. The highest BCUT2D eigenvalue weighted by Gasteiger charge is 2.15. The summed E-state index contributed by atoms with van der Waals surface area (Å²) in [4.78, 5) is 13.4. The predicted octanol–water partition coefficient (Wildman–Crippen LogP) is 3.43. The third-order valence-electron chi connectivity index (χ3n) is 5.04. The number of nitrogens with two attached hydrogens (primary N) is 1. The molecule has 0 bridgehead atoms. The fourth-order valence-corrected chi connectivity index (χ4v) is 3.53. The van der Waals surface area contributed by atoms with E-state index in [1.807, 2.05) is 18.2 Å². The molecule has 0 aliphatic heterocycles. The highest BCUT2D eigenvalue weighted by Crippen LogP contribution is 2.39. The van der Waals surface area contributed by atoms with Crippen LogP contribution < -0.4 is 25.3 Å². The lowest BCUT2D eigenvalue weighted by atomic mass is 10.0. The number of pyridine rings is 3. The standard InChI is InChI=1S/C23H25N5O3/c1-4-25-5-6-31-16-7-14(10-26-13-16)23-22(24)21-15(12-28-23)11-27-18-9-20(30-3)19(29-2)8-17(18)21/h7-13,25H,4-6,24H2,1-3H3. The van der Waals surface area contributed by atoms with Crippen LogP contribution in [0, 0.1) is 0 Å². The molecule has 0 amide bonds. The van der Waals surface area contributed by atoms with Crippen LogP contribution in [0.15, 0.2) is 43.0 Å². The number of nitrogen functional groups attached to an aromatic ring is 1. The lowest BCUT2D eigenvalue weighted by Crippen LogP contribution is -2.20. The van der Waals surface area contributed by atoms with E-state index in [0.29, 0.717) is 35.2 Å². The zero-order valence-electron chi connectivity index (χ0n) is 17.8. The number of fused-ring (bicyclic) bond motifs is 3. The van der Waals surface area contributed by atoms with Gasteiger partial charge in [-0.05, 0) is 18.7 Å². The van der Waals surface area contributed by atoms with Gasteiger partial charge in [-0.3, -0.25) is 15.0 Å². The molecular formula is C23H25N5O3. The molecule has 0 spiro atoms. The van der Waals surface area contributed by atoms with Crippen molar-refractivity contribution in [1.82, 2.24) is 20.3 Å². The number of aromatic nitrogens is 3. The molecule has 8 heteroatoms. The van der Waals surface area contributed by atoms with E-state index in [-0.39, 0.29) is 0 Å². The molecule has 4 rings (SSSR count). The molecule has 8 nitrogen and oxygen atoms in total.